The van der Waals surface area contributed by atoms with Crippen LogP contribution in [0.25, 0.3) is 10.2 Å². The van der Waals surface area contributed by atoms with Gasteiger partial charge in [-0.15, -0.1) is 12.4 Å². The first-order valence-electron chi connectivity index (χ1n) is 11.0. The van der Waals surface area contributed by atoms with E-state index in [0.717, 1.165) is 13.1 Å². The molecule has 2 aromatic carbocycles. The predicted octanol–water partition coefficient (Wildman–Crippen LogP) is 2.87. The second kappa shape index (κ2) is 10.7. The predicted molar refractivity (Wildman–Crippen MR) is 136 cm³/mol. The molecule has 1 aromatic heterocycles. The molecule has 35 heavy (non-hydrogen) atoms. The Bertz CT molecular complexity index is 1320. The molecule has 5 rings (SSSR count). The van der Waals surface area contributed by atoms with Gasteiger partial charge in [-0.1, -0.05) is 11.3 Å². The highest BCUT2D eigenvalue weighted by molar-refractivity contribution is 7.90. The van der Waals surface area contributed by atoms with Crippen molar-refractivity contribution < 1.29 is 27.4 Å². The van der Waals surface area contributed by atoms with E-state index < -0.39 is 9.84 Å². The van der Waals surface area contributed by atoms with Crippen LogP contribution in [0.5, 0.6) is 11.5 Å². The number of nitrogens with zero attached hydrogens (tertiary/aromatic N) is 3. The summed E-state index contributed by atoms with van der Waals surface area (Å²) in [6.45, 7) is 4.99. The van der Waals surface area contributed by atoms with Gasteiger partial charge in [0.25, 0.3) is 5.91 Å². The van der Waals surface area contributed by atoms with E-state index in [1.807, 2.05) is 0 Å². The third kappa shape index (κ3) is 5.70. The number of thiazole rings is 1. The van der Waals surface area contributed by atoms with E-state index in [4.69, 9.17) is 14.2 Å². The van der Waals surface area contributed by atoms with Crippen LogP contribution in [-0.2, 0) is 14.6 Å². The summed E-state index contributed by atoms with van der Waals surface area (Å²) < 4.78 is 41.4. The number of fused-ring (bicyclic) bond motifs is 2. The average molecular weight is 540 g/mol. The second-order valence-electron chi connectivity index (χ2n) is 8.17. The maximum Gasteiger partial charge on any atom is 0.260 e. The minimum absolute atomic E-state index is 0. The number of benzene rings is 2. The lowest BCUT2D eigenvalue weighted by Gasteiger charge is -2.29. The molecule has 0 spiro atoms. The van der Waals surface area contributed by atoms with Crippen LogP contribution in [0.3, 0.4) is 0 Å². The van der Waals surface area contributed by atoms with Crippen molar-refractivity contribution in [1.82, 2.24) is 9.88 Å². The summed E-state index contributed by atoms with van der Waals surface area (Å²) in [6.07, 6.45) is 1.18. The van der Waals surface area contributed by atoms with Crippen LogP contribution in [0.15, 0.2) is 41.3 Å². The molecule has 0 saturated carbocycles. The number of amides is 1. The first kappa shape index (κ1) is 25.6. The molecule has 1 saturated heterocycles. The number of hydrogen-bond donors (Lipinski definition) is 0. The number of halogens is 1. The van der Waals surface area contributed by atoms with Gasteiger partial charge in [-0.3, -0.25) is 14.6 Å². The van der Waals surface area contributed by atoms with Crippen LogP contribution in [0.4, 0.5) is 5.13 Å². The van der Waals surface area contributed by atoms with Crippen molar-refractivity contribution in [2.24, 2.45) is 0 Å². The number of anilines is 1. The zero-order valence-corrected chi connectivity index (χ0v) is 21.6. The first-order valence-corrected chi connectivity index (χ1v) is 13.7. The normalized spacial score (nSPS) is 16.0. The Labute approximate surface area is 213 Å². The molecule has 0 unspecified atom stereocenters. The van der Waals surface area contributed by atoms with Crippen LogP contribution in [0.2, 0.25) is 0 Å². The van der Waals surface area contributed by atoms with E-state index in [9.17, 15) is 13.2 Å². The van der Waals surface area contributed by atoms with E-state index in [1.165, 1.54) is 17.6 Å². The van der Waals surface area contributed by atoms with Gasteiger partial charge < -0.3 is 14.2 Å². The van der Waals surface area contributed by atoms with Gasteiger partial charge in [0.05, 0.1) is 28.3 Å². The molecule has 2 aliphatic heterocycles. The van der Waals surface area contributed by atoms with Gasteiger partial charge in [-0.2, -0.15) is 0 Å². The van der Waals surface area contributed by atoms with Gasteiger partial charge in [0.2, 0.25) is 0 Å². The van der Waals surface area contributed by atoms with Gasteiger partial charge in [-0.25, -0.2) is 13.4 Å². The molecular weight excluding hydrogens is 514 g/mol. The number of carbonyl (C=O) groups excluding carboxylic acids is 1. The Kier molecular flexibility index (Phi) is 7.82. The summed E-state index contributed by atoms with van der Waals surface area (Å²) in [4.78, 5) is 22.5. The third-order valence-electron chi connectivity index (χ3n) is 5.79. The molecule has 188 valence electrons. The number of aromatic nitrogens is 1. The lowest BCUT2D eigenvalue weighted by Crippen LogP contribution is -2.43. The van der Waals surface area contributed by atoms with Gasteiger partial charge in [0.1, 0.15) is 13.2 Å². The van der Waals surface area contributed by atoms with E-state index in [0.29, 0.717) is 71.9 Å². The van der Waals surface area contributed by atoms with Gasteiger partial charge in [-0.05, 0) is 36.4 Å². The summed E-state index contributed by atoms with van der Waals surface area (Å²) >= 11 is 1.30. The molecule has 12 heteroatoms. The number of morpholine rings is 1. The van der Waals surface area contributed by atoms with Crippen molar-refractivity contribution in [3.8, 4) is 11.5 Å². The molecule has 0 radical (unpaired) electrons. The Morgan fingerprint density at radius 3 is 2.54 bits per heavy atom. The highest BCUT2D eigenvalue weighted by atomic mass is 35.5. The maximum atomic E-state index is 13.7. The first-order chi connectivity index (χ1) is 16.4. The quantitative estimate of drug-likeness (QED) is 0.471. The van der Waals surface area contributed by atoms with Gasteiger partial charge >= 0.3 is 0 Å². The summed E-state index contributed by atoms with van der Waals surface area (Å²) in [6, 6.07) is 10.0. The van der Waals surface area contributed by atoms with Crippen molar-refractivity contribution in [3.05, 3.63) is 42.0 Å². The Hall–Kier alpha value is -2.44. The lowest BCUT2D eigenvalue weighted by atomic mass is 10.1. The molecule has 1 amide bonds. The largest absolute Gasteiger partial charge is 0.486 e. The zero-order chi connectivity index (χ0) is 23.7. The van der Waals surface area contributed by atoms with Crippen molar-refractivity contribution in [2.75, 3.05) is 63.8 Å². The van der Waals surface area contributed by atoms with E-state index in [-0.39, 0.29) is 23.2 Å². The van der Waals surface area contributed by atoms with Crippen molar-refractivity contribution >= 4 is 54.8 Å². The molecule has 0 atom stereocenters. The summed E-state index contributed by atoms with van der Waals surface area (Å²) in [5.74, 6) is 0.968. The second-order valence-corrected chi connectivity index (χ2v) is 11.2. The highest BCUT2D eigenvalue weighted by Crippen LogP contribution is 2.34. The highest BCUT2D eigenvalue weighted by Gasteiger charge is 2.25. The van der Waals surface area contributed by atoms with Crippen LogP contribution < -0.4 is 14.4 Å². The average Bonchev–Trinajstić information content (AvgIpc) is 3.27. The number of hydrogen-bond acceptors (Lipinski definition) is 9. The maximum absolute atomic E-state index is 13.7. The number of ether oxygens (including phenoxy) is 3. The SMILES string of the molecule is CS(=O)(=O)c1ccc2nc(N(CCN3CCOCC3)C(=O)c3ccc4c(c3)OCCO4)sc2c1.Cl. The van der Waals surface area contributed by atoms with Crippen LogP contribution >= 0.6 is 23.7 Å². The fourth-order valence-corrected chi connectivity index (χ4v) is 5.67. The van der Waals surface area contributed by atoms with E-state index in [1.54, 1.807) is 41.3 Å². The Morgan fingerprint density at radius 2 is 1.80 bits per heavy atom. The monoisotopic (exact) mass is 539 g/mol. The third-order valence-corrected chi connectivity index (χ3v) is 7.94. The van der Waals surface area contributed by atoms with Gasteiger partial charge in [0, 0.05) is 38.0 Å². The van der Waals surface area contributed by atoms with E-state index >= 15 is 0 Å². The lowest BCUT2D eigenvalue weighted by molar-refractivity contribution is 0.0391. The fraction of sp³-hybridized carbons (Fsp3) is 0.391. The molecule has 1 fully saturated rings. The van der Waals surface area contributed by atoms with Crippen molar-refractivity contribution in [3.63, 3.8) is 0 Å². The van der Waals surface area contributed by atoms with Crippen molar-refractivity contribution in [1.29, 1.82) is 0 Å². The molecule has 3 aromatic rings. The molecule has 0 aliphatic carbocycles. The molecule has 3 heterocycles. The topological polar surface area (TPSA) is 98.3 Å². The summed E-state index contributed by atoms with van der Waals surface area (Å²) in [7, 11) is -3.34. The Morgan fingerprint density at radius 1 is 1.06 bits per heavy atom. The molecule has 0 bridgehead atoms. The fourth-order valence-electron chi connectivity index (χ4n) is 3.92. The number of rotatable bonds is 6. The molecule has 2 aliphatic rings. The number of carbonyl (C=O) groups is 1. The number of sulfone groups is 1. The smallest absolute Gasteiger partial charge is 0.260 e. The van der Waals surface area contributed by atoms with Crippen LogP contribution in [0, 0.1) is 0 Å². The van der Waals surface area contributed by atoms with Crippen LogP contribution in [0.1, 0.15) is 10.4 Å². The molecular formula is C23H26ClN3O6S2. The summed E-state index contributed by atoms with van der Waals surface area (Å²) in [5, 5.41) is 0.522. The van der Waals surface area contributed by atoms with E-state index in [2.05, 4.69) is 9.88 Å². The Balaban J connectivity index is 0.00000289. The molecule has 9 nitrogen and oxygen atoms in total. The standard InChI is InChI=1S/C23H25N3O6S2.ClH/c1-34(28,29)17-3-4-18-21(15-17)33-23(24-18)26(7-6-25-8-10-30-11-9-25)22(27)16-2-5-19-20(14-16)32-13-12-31-19;/h2-5,14-15H,6-13H2,1H3;1H. The minimum Gasteiger partial charge on any atom is -0.486 e. The van der Waals surface area contributed by atoms with Crippen LogP contribution in [-0.4, -0.2) is 83.1 Å². The van der Waals surface area contributed by atoms with Gasteiger partial charge in [0.15, 0.2) is 26.5 Å². The minimum atomic E-state index is -3.34. The zero-order valence-electron chi connectivity index (χ0n) is 19.1. The molecule has 0 N–H and O–H groups in total. The summed E-state index contributed by atoms with van der Waals surface area (Å²) in [5.41, 5.74) is 1.13. The van der Waals surface area contributed by atoms with Crippen molar-refractivity contribution in [2.45, 2.75) is 4.90 Å².